The first kappa shape index (κ1) is 17.5. The van der Waals surface area contributed by atoms with Gasteiger partial charge in [0.05, 0.1) is 12.9 Å². The van der Waals surface area contributed by atoms with Crippen molar-refractivity contribution in [3.05, 3.63) is 12.7 Å². The predicted molar refractivity (Wildman–Crippen MR) is 82.2 cm³/mol. The van der Waals surface area contributed by atoms with Gasteiger partial charge in [0.2, 0.25) is 11.8 Å². The number of ether oxygens (including phenoxy) is 1. The summed E-state index contributed by atoms with van der Waals surface area (Å²) in [7, 11) is 0. The number of rotatable bonds is 2. The van der Waals surface area contributed by atoms with Gasteiger partial charge in [-0.15, -0.1) is 0 Å². The number of aliphatic hydroxyl groups excluding tert-OH is 3. The molecule has 4 heterocycles. The second-order valence-electron chi connectivity index (χ2n) is 5.70. The lowest BCUT2D eigenvalue weighted by molar-refractivity contribution is -0.119. The predicted octanol–water partition coefficient (Wildman–Crippen LogP) is -1.96. The summed E-state index contributed by atoms with van der Waals surface area (Å²) >= 11 is 0. The van der Waals surface area contributed by atoms with Gasteiger partial charge in [-0.25, -0.2) is 9.97 Å². The van der Waals surface area contributed by atoms with Gasteiger partial charge in [0, 0.05) is 13.0 Å². The van der Waals surface area contributed by atoms with E-state index in [-0.39, 0.29) is 23.0 Å². The van der Waals surface area contributed by atoms with Gasteiger partial charge < -0.3 is 30.5 Å². The molecule has 1 amide bonds. The van der Waals surface area contributed by atoms with Crippen LogP contribution in [0.4, 0.5) is 0 Å². The minimum Gasteiger partial charge on any atom is -0.492 e. The van der Waals surface area contributed by atoms with Gasteiger partial charge in [-0.2, -0.15) is 4.98 Å². The Morgan fingerprint density at radius 2 is 2.08 bits per heavy atom. The fraction of sp³-hybridized carbons (Fsp3) is 0.571. The number of carbonyl (C=O) groups is 1. The van der Waals surface area contributed by atoms with Crippen molar-refractivity contribution in [2.24, 2.45) is 0 Å². The number of aromatic hydroxyl groups is 1. The van der Waals surface area contributed by atoms with Crippen molar-refractivity contribution in [1.82, 2.24) is 24.8 Å². The molecule has 0 saturated carbocycles. The molecule has 0 aromatic carbocycles. The Bertz CT molecular complexity index is 744. The van der Waals surface area contributed by atoms with Gasteiger partial charge in [-0.1, -0.05) is 0 Å². The number of fused-ring (bicyclic) bond motifs is 1. The van der Waals surface area contributed by atoms with Gasteiger partial charge >= 0.3 is 0 Å². The lowest BCUT2D eigenvalue weighted by Crippen LogP contribution is -2.33. The normalized spacial score (nSPS) is 28.7. The summed E-state index contributed by atoms with van der Waals surface area (Å²) in [6.07, 6.45) is -0.0241. The van der Waals surface area contributed by atoms with Crippen molar-refractivity contribution in [1.29, 1.82) is 0 Å². The van der Waals surface area contributed by atoms with E-state index >= 15 is 0 Å². The molecule has 136 valence electrons. The maximum absolute atomic E-state index is 10.1. The van der Waals surface area contributed by atoms with Crippen molar-refractivity contribution >= 4 is 17.1 Å². The third-order valence-electron chi connectivity index (χ3n) is 4.03. The zero-order valence-corrected chi connectivity index (χ0v) is 13.2. The van der Waals surface area contributed by atoms with E-state index in [1.54, 1.807) is 0 Å². The molecule has 0 aliphatic carbocycles. The number of aliphatic hydroxyl groups is 3. The SMILES string of the molecule is O=C1CCCN1.OC[C@H]1O[C@@H](n2cnc3c(O)ncnc32)[C@H](O)[C@@H]1O. The minimum atomic E-state index is -1.23. The van der Waals surface area contributed by atoms with E-state index in [1.807, 2.05) is 0 Å². The molecule has 0 spiro atoms. The summed E-state index contributed by atoms with van der Waals surface area (Å²) in [4.78, 5) is 21.6. The second-order valence-corrected chi connectivity index (χ2v) is 5.70. The Hall–Kier alpha value is -2.34. The number of nitrogens with one attached hydrogen (secondary N) is 1. The zero-order chi connectivity index (χ0) is 18.0. The Morgan fingerprint density at radius 1 is 1.28 bits per heavy atom. The second kappa shape index (κ2) is 7.27. The summed E-state index contributed by atoms with van der Waals surface area (Å²) in [5.74, 6) is -0.0782. The van der Waals surface area contributed by atoms with E-state index in [1.165, 1.54) is 10.9 Å². The number of amides is 1. The Labute approximate surface area is 141 Å². The molecule has 2 aromatic heterocycles. The monoisotopic (exact) mass is 353 g/mol. The van der Waals surface area contributed by atoms with Crippen LogP contribution in [0, 0.1) is 0 Å². The molecular formula is C14H19N5O6. The number of aromatic nitrogens is 4. The molecular weight excluding hydrogens is 334 g/mol. The lowest BCUT2D eigenvalue weighted by Gasteiger charge is -2.16. The number of hydrogen-bond donors (Lipinski definition) is 5. The highest BCUT2D eigenvalue weighted by atomic mass is 16.6. The highest BCUT2D eigenvalue weighted by molar-refractivity contribution is 5.77. The fourth-order valence-corrected chi connectivity index (χ4v) is 2.70. The maximum atomic E-state index is 10.1. The summed E-state index contributed by atoms with van der Waals surface area (Å²) in [6, 6.07) is 0. The summed E-state index contributed by atoms with van der Waals surface area (Å²) < 4.78 is 6.73. The van der Waals surface area contributed by atoms with Crippen LogP contribution in [0.25, 0.3) is 11.2 Å². The molecule has 11 heteroatoms. The van der Waals surface area contributed by atoms with Gasteiger partial charge in [0.25, 0.3) is 0 Å². The largest absolute Gasteiger partial charge is 0.492 e. The standard InChI is InChI=1S/C10H12N4O5.C4H7NO/c15-1-4-6(16)7(17)10(19-4)14-3-13-5-8(14)11-2-12-9(5)18;6-4-2-1-3-5-4/h2-4,6-7,10,15-17H,1H2,(H,11,12,18);1-3H2,(H,5,6)/t4-,6-,7-,10-;/m1./s1. The molecule has 0 bridgehead atoms. The van der Waals surface area contributed by atoms with E-state index in [2.05, 4.69) is 20.3 Å². The van der Waals surface area contributed by atoms with E-state index in [4.69, 9.17) is 9.84 Å². The maximum Gasteiger partial charge on any atom is 0.242 e. The molecule has 0 radical (unpaired) electrons. The Balaban J connectivity index is 0.000000258. The number of nitrogens with zero attached hydrogens (tertiary/aromatic N) is 4. The van der Waals surface area contributed by atoms with Crippen LogP contribution in [-0.4, -0.2) is 77.3 Å². The van der Waals surface area contributed by atoms with Crippen molar-refractivity contribution in [3.63, 3.8) is 0 Å². The fourth-order valence-electron chi connectivity index (χ4n) is 2.70. The molecule has 2 aliphatic rings. The quantitative estimate of drug-likeness (QED) is 0.412. The van der Waals surface area contributed by atoms with Crippen LogP contribution in [0.15, 0.2) is 12.7 Å². The zero-order valence-electron chi connectivity index (χ0n) is 13.2. The lowest BCUT2D eigenvalue weighted by atomic mass is 10.1. The van der Waals surface area contributed by atoms with Gasteiger partial charge in [-0.05, 0) is 6.42 Å². The summed E-state index contributed by atoms with van der Waals surface area (Å²) in [6.45, 7) is 0.473. The number of hydrogen-bond acceptors (Lipinski definition) is 9. The minimum absolute atomic E-state index is 0.167. The number of carbonyl (C=O) groups excluding carboxylic acids is 1. The van der Waals surface area contributed by atoms with E-state index in [9.17, 15) is 20.1 Å². The average Bonchev–Trinajstić information content (AvgIpc) is 3.31. The topological polar surface area (TPSA) is 163 Å². The van der Waals surface area contributed by atoms with Crippen LogP contribution in [0.2, 0.25) is 0 Å². The van der Waals surface area contributed by atoms with Gasteiger partial charge in [-0.3, -0.25) is 9.36 Å². The summed E-state index contributed by atoms with van der Waals surface area (Å²) in [5, 5.41) is 40.9. The summed E-state index contributed by atoms with van der Waals surface area (Å²) in [5.41, 5.74) is 0.433. The van der Waals surface area contributed by atoms with Crippen molar-refractivity contribution in [2.45, 2.75) is 37.4 Å². The third-order valence-corrected chi connectivity index (χ3v) is 4.03. The molecule has 4 atom stereocenters. The number of imidazole rings is 1. The molecule has 5 N–H and O–H groups in total. The van der Waals surface area contributed by atoms with Crippen LogP contribution in [0.5, 0.6) is 5.88 Å². The molecule has 0 unspecified atom stereocenters. The smallest absolute Gasteiger partial charge is 0.242 e. The highest BCUT2D eigenvalue weighted by Gasteiger charge is 2.44. The van der Waals surface area contributed by atoms with Crippen molar-refractivity contribution < 1.29 is 30.0 Å². The first-order valence-corrected chi connectivity index (χ1v) is 7.78. The van der Waals surface area contributed by atoms with Gasteiger partial charge in [0.15, 0.2) is 17.4 Å². The molecule has 4 rings (SSSR count). The van der Waals surface area contributed by atoms with Crippen LogP contribution in [-0.2, 0) is 9.53 Å². The highest BCUT2D eigenvalue weighted by Crippen LogP contribution is 2.32. The Kier molecular flexibility index (Phi) is 5.08. The average molecular weight is 353 g/mol. The van der Waals surface area contributed by atoms with Crippen molar-refractivity contribution in [3.8, 4) is 5.88 Å². The van der Waals surface area contributed by atoms with Crippen LogP contribution in [0.1, 0.15) is 19.1 Å². The van der Waals surface area contributed by atoms with Gasteiger partial charge in [0.1, 0.15) is 24.6 Å². The molecule has 11 nitrogen and oxygen atoms in total. The molecule has 25 heavy (non-hydrogen) atoms. The van der Waals surface area contributed by atoms with Crippen LogP contribution < -0.4 is 5.32 Å². The van der Waals surface area contributed by atoms with E-state index in [0.717, 1.165) is 25.7 Å². The third kappa shape index (κ3) is 3.39. The molecule has 2 aliphatic heterocycles. The molecule has 2 aromatic rings. The van der Waals surface area contributed by atoms with E-state index in [0.29, 0.717) is 0 Å². The Morgan fingerprint density at radius 3 is 2.64 bits per heavy atom. The molecule has 2 saturated heterocycles. The van der Waals surface area contributed by atoms with Crippen LogP contribution in [0.3, 0.4) is 0 Å². The van der Waals surface area contributed by atoms with E-state index < -0.39 is 31.1 Å². The first-order chi connectivity index (χ1) is 12.0. The first-order valence-electron chi connectivity index (χ1n) is 7.78. The van der Waals surface area contributed by atoms with Crippen molar-refractivity contribution in [2.75, 3.05) is 13.2 Å². The van der Waals surface area contributed by atoms with Crippen LogP contribution >= 0.6 is 0 Å². The molecule has 2 fully saturated rings.